The molecule has 3 aliphatic rings. The SMILES string of the molecule is COC1(C)O[C@@H]2[C@@H](C#CC(F)F)C3(CC3)N(C(=O)OC(C)(C)C)C[C@H]2OC1(C)OC. The van der Waals surface area contributed by atoms with Crippen LogP contribution in [0, 0.1) is 17.8 Å². The van der Waals surface area contributed by atoms with Crippen molar-refractivity contribution in [3.8, 4) is 11.8 Å². The molecule has 1 saturated carbocycles. The number of alkyl halides is 2. The van der Waals surface area contributed by atoms with E-state index < -0.39 is 53.4 Å². The Morgan fingerprint density at radius 1 is 1.13 bits per heavy atom. The van der Waals surface area contributed by atoms with Gasteiger partial charge in [0.25, 0.3) is 6.43 Å². The molecule has 2 saturated heterocycles. The van der Waals surface area contributed by atoms with Crippen molar-refractivity contribution < 1.29 is 37.3 Å². The molecule has 0 aromatic heterocycles. The number of rotatable bonds is 2. The number of hydrogen-bond donors (Lipinski definition) is 0. The zero-order valence-corrected chi connectivity index (χ0v) is 18.6. The lowest BCUT2D eigenvalue weighted by molar-refractivity contribution is -0.456. The van der Waals surface area contributed by atoms with Gasteiger partial charge in [0.05, 0.1) is 18.0 Å². The molecule has 0 N–H and O–H groups in total. The van der Waals surface area contributed by atoms with E-state index in [0.29, 0.717) is 12.8 Å². The Kier molecular flexibility index (Phi) is 5.87. The van der Waals surface area contributed by atoms with Crippen molar-refractivity contribution in [1.82, 2.24) is 4.90 Å². The smallest absolute Gasteiger partial charge is 0.410 e. The molecule has 1 aliphatic carbocycles. The number of amides is 1. The number of carbonyl (C=O) groups is 1. The molecule has 7 nitrogen and oxygen atoms in total. The quantitative estimate of drug-likeness (QED) is 0.626. The number of ether oxygens (including phenoxy) is 5. The molecular formula is C21H31F2NO6. The van der Waals surface area contributed by atoms with Gasteiger partial charge in [-0.25, -0.2) is 4.79 Å². The van der Waals surface area contributed by atoms with E-state index >= 15 is 0 Å². The van der Waals surface area contributed by atoms with Crippen molar-refractivity contribution in [2.24, 2.45) is 5.92 Å². The predicted molar refractivity (Wildman–Crippen MR) is 103 cm³/mol. The summed E-state index contributed by atoms with van der Waals surface area (Å²) in [6.45, 7) is 8.84. The van der Waals surface area contributed by atoms with Gasteiger partial charge in [0, 0.05) is 14.2 Å². The first-order chi connectivity index (χ1) is 13.8. The van der Waals surface area contributed by atoms with Crippen LogP contribution in [0.15, 0.2) is 0 Å². The summed E-state index contributed by atoms with van der Waals surface area (Å²) >= 11 is 0. The fourth-order valence-corrected chi connectivity index (χ4v) is 4.28. The summed E-state index contributed by atoms with van der Waals surface area (Å²) in [5.41, 5.74) is -1.43. The Hall–Kier alpha value is -1.47. The maximum absolute atomic E-state index is 13.0. The molecule has 0 aromatic rings. The van der Waals surface area contributed by atoms with E-state index in [2.05, 4.69) is 5.92 Å². The number of nitrogens with zero attached hydrogens (tertiary/aromatic N) is 1. The van der Waals surface area contributed by atoms with Crippen LogP contribution in [0.3, 0.4) is 0 Å². The van der Waals surface area contributed by atoms with Gasteiger partial charge in [-0.15, -0.1) is 0 Å². The monoisotopic (exact) mass is 431 g/mol. The van der Waals surface area contributed by atoms with Gasteiger partial charge in [0.15, 0.2) is 0 Å². The third-order valence-corrected chi connectivity index (χ3v) is 6.24. The molecule has 0 aromatic carbocycles. The first-order valence-electron chi connectivity index (χ1n) is 10.1. The van der Waals surface area contributed by atoms with Crippen LogP contribution in [0.1, 0.15) is 47.5 Å². The third kappa shape index (κ3) is 3.91. The highest BCUT2D eigenvalue weighted by Gasteiger charge is 2.68. The molecule has 30 heavy (non-hydrogen) atoms. The average molecular weight is 431 g/mol. The molecule has 3 fully saturated rings. The summed E-state index contributed by atoms with van der Waals surface area (Å²) < 4.78 is 55.1. The van der Waals surface area contributed by atoms with Crippen LogP contribution in [0.5, 0.6) is 0 Å². The van der Waals surface area contributed by atoms with Crippen LogP contribution in [-0.4, -0.2) is 73.1 Å². The summed E-state index contributed by atoms with van der Waals surface area (Å²) in [5.74, 6) is 1.38. The normalized spacial score (nSPS) is 37.4. The minimum absolute atomic E-state index is 0.172. The number of fused-ring (bicyclic) bond motifs is 1. The van der Waals surface area contributed by atoms with E-state index in [1.165, 1.54) is 14.2 Å². The Bertz CT molecular complexity index is 740. The fourth-order valence-electron chi connectivity index (χ4n) is 4.28. The second-order valence-electron chi connectivity index (χ2n) is 9.30. The highest BCUT2D eigenvalue weighted by Crippen LogP contribution is 2.56. The van der Waals surface area contributed by atoms with Crippen molar-refractivity contribution in [1.29, 1.82) is 0 Å². The van der Waals surface area contributed by atoms with Gasteiger partial charge in [0.1, 0.15) is 17.8 Å². The summed E-state index contributed by atoms with van der Waals surface area (Å²) in [6.07, 6.45) is -3.41. The lowest BCUT2D eigenvalue weighted by Crippen LogP contribution is -2.72. The van der Waals surface area contributed by atoms with Gasteiger partial charge in [-0.3, -0.25) is 4.90 Å². The highest BCUT2D eigenvalue weighted by atomic mass is 19.3. The van der Waals surface area contributed by atoms with Gasteiger partial charge >= 0.3 is 6.09 Å². The van der Waals surface area contributed by atoms with Gasteiger partial charge < -0.3 is 23.7 Å². The molecule has 5 atom stereocenters. The second kappa shape index (κ2) is 7.59. The number of methoxy groups -OCH3 is 2. The zero-order valence-electron chi connectivity index (χ0n) is 18.6. The van der Waals surface area contributed by atoms with Gasteiger partial charge in [-0.05, 0) is 53.4 Å². The molecule has 3 rings (SSSR count). The first kappa shape index (κ1) is 23.2. The fraction of sp³-hybridized carbons (Fsp3) is 0.857. The Balaban J connectivity index is 2.01. The van der Waals surface area contributed by atoms with E-state index in [1.54, 1.807) is 39.5 Å². The highest BCUT2D eigenvalue weighted by molar-refractivity contribution is 5.70. The number of piperidine rings is 1. The van der Waals surface area contributed by atoms with Crippen LogP contribution in [0.2, 0.25) is 0 Å². The summed E-state index contributed by atoms with van der Waals surface area (Å²) in [4.78, 5) is 14.6. The molecule has 0 radical (unpaired) electrons. The van der Waals surface area contributed by atoms with E-state index in [9.17, 15) is 13.6 Å². The van der Waals surface area contributed by atoms with Gasteiger partial charge in [0.2, 0.25) is 11.6 Å². The summed E-state index contributed by atoms with van der Waals surface area (Å²) in [5, 5.41) is 0. The van der Waals surface area contributed by atoms with Crippen LogP contribution < -0.4 is 0 Å². The van der Waals surface area contributed by atoms with Crippen molar-refractivity contribution in [2.75, 3.05) is 20.8 Å². The largest absolute Gasteiger partial charge is 0.444 e. The molecule has 2 aliphatic heterocycles. The van der Waals surface area contributed by atoms with Crippen molar-refractivity contribution in [3.05, 3.63) is 0 Å². The molecule has 1 amide bonds. The molecule has 2 heterocycles. The third-order valence-electron chi connectivity index (χ3n) is 6.24. The Labute approximate surface area is 176 Å². The second-order valence-corrected chi connectivity index (χ2v) is 9.30. The van der Waals surface area contributed by atoms with Crippen molar-refractivity contribution in [3.63, 3.8) is 0 Å². The van der Waals surface area contributed by atoms with Crippen LogP contribution in [0.25, 0.3) is 0 Å². The minimum atomic E-state index is -2.79. The Morgan fingerprint density at radius 3 is 2.17 bits per heavy atom. The number of hydrogen-bond acceptors (Lipinski definition) is 6. The van der Waals surface area contributed by atoms with Crippen molar-refractivity contribution >= 4 is 6.09 Å². The number of halogens is 2. The maximum Gasteiger partial charge on any atom is 0.410 e. The zero-order chi connectivity index (χ0) is 22.5. The lowest BCUT2D eigenvalue weighted by Gasteiger charge is -2.57. The standard InChI is InChI=1S/C21H31F2NO6/c1-18(2,3)30-17(25)24-12-14-16(13(8-9-15(22)23)21(24)10-11-21)29-20(5,27-7)19(4,26-6)28-14/h13-16H,10-12H2,1-7H3/t13-,14-,16-,19?,20?/m1/s1. The van der Waals surface area contributed by atoms with Crippen LogP contribution in [0.4, 0.5) is 13.6 Å². The molecule has 9 heteroatoms. The van der Waals surface area contributed by atoms with E-state index in [1.807, 2.05) is 5.92 Å². The average Bonchev–Trinajstić information content (AvgIpc) is 3.41. The lowest BCUT2D eigenvalue weighted by atomic mass is 9.81. The van der Waals surface area contributed by atoms with Crippen LogP contribution in [-0.2, 0) is 23.7 Å². The van der Waals surface area contributed by atoms with E-state index in [0.717, 1.165) is 0 Å². The van der Waals surface area contributed by atoms with E-state index in [4.69, 9.17) is 23.7 Å². The van der Waals surface area contributed by atoms with Gasteiger partial charge in [-0.2, -0.15) is 8.78 Å². The minimum Gasteiger partial charge on any atom is -0.444 e. The molecule has 170 valence electrons. The van der Waals surface area contributed by atoms with Crippen molar-refractivity contribution in [2.45, 2.75) is 88.8 Å². The molecular weight excluding hydrogens is 400 g/mol. The summed E-state index contributed by atoms with van der Waals surface area (Å²) in [6, 6.07) is 0. The first-order valence-corrected chi connectivity index (χ1v) is 10.1. The Morgan fingerprint density at radius 2 is 1.70 bits per heavy atom. The number of likely N-dealkylation sites (tertiary alicyclic amines) is 1. The predicted octanol–water partition coefficient (Wildman–Crippen LogP) is 3.16. The molecule has 1 spiro atoms. The van der Waals surface area contributed by atoms with Gasteiger partial charge in [-0.1, -0.05) is 5.92 Å². The van der Waals surface area contributed by atoms with E-state index in [-0.39, 0.29) is 6.54 Å². The molecule has 0 bridgehead atoms. The molecule has 2 unspecified atom stereocenters. The summed E-state index contributed by atoms with van der Waals surface area (Å²) in [7, 11) is 2.93. The van der Waals surface area contributed by atoms with Crippen LogP contribution >= 0.6 is 0 Å². The topological polar surface area (TPSA) is 66.5 Å². The number of carbonyl (C=O) groups excluding carboxylic acids is 1. The maximum atomic E-state index is 13.0.